The molecule has 3 saturated heterocycles. The lowest BCUT2D eigenvalue weighted by Gasteiger charge is -2.35. The summed E-state index contributed by atoms with van der Waals surface area (Å²) in [4.78, 5) is 19.1. The maximum Gasteiger partial charge on any atom is 0.246 e. The summed E-state index contributed by atoms with van der Waals surface area (Å²) in [6, 6.07) is 8.42. The highest BCUT2D eigenvalue weighted by molar-refractivity contribution is 7.19. The van der Waals surface area contributed by atoms with Crippen LogP contribution in [0.1, 0.15) is 17.8 Å². The van der Waals surface area contributed by atoms with E-state index in [0.29, 0.717) is 12.0 Å². The predicted molar refractivity (Wildman–Crippen MR) is 89.7 cm³/mol. The van der Waals surface area contributed by atoms with E-state index in [1.807, 2.05) is 29.2 Å². The second kappa shape index (κ2) is 5.82. The van der Waals surface area contributed by atoms with E-state index in [0.717, 1.165) is 41.3 Å². The number of nitrogens with one attached hydrogen (secondary N) is 1. The lowest BCUT2D eigenvalue weighted by molar-refractivity contribution is -0.129. The zero-order valence-corrected chi connectivity index (χ0v) is 13.2. The van der Waals surface area contributed by atoms with Gasteiger partial charge in [0.1, 0.15) is 5.01 Å². The van der Waals surface area contributed by atoms with Crippen molar-refractivity contribution in [2.24, 2.45) is 5.92 Å². The number of hydrogen-bond acceptors (Lipinski definition) is 4. The number of carbonyl (C=O) groups excluding carboxylic acids is 1. The Morgan fingerprint density at radius 3 is 3.14 bits per heavy atom. The SMILES string of the molecule is O=C(C=Cc1nc2ccccc2s1)N1C[C@@H]2CC[C@H]1CNC2. The number of nitrogens with zero attached hydrogens (tertiary/aromatic N) is 2. The average molecular weight is 313 g/mol. The molecule has 0 aliphatic carbocycles. The minimum absolute atomic E-state index is 0.123. The third-order valence-corrected chi connectivity index (χ3v) is 5.58. The van der Waals surface area contributed by atoms with Crippen molar-refractivity contribution in [2.75, 3.05) is 19.6 Å². The van der Waals surface area contributed by atoms with Gasteiger partial charge in [-0.1, -0.05) is 12.1 Å². The molecule has 2 bridgehead atoms. The molecule has 1 aromatic carbocycles. The molecule has 0 radical (unpaired) electrons. The van der Waals surface area contributed by atoms with Crippen LogP contribution in [0.2, 0.25) is 0 Å². The summed E-state index contributed by atoms with van der Waals surface area (Å²) in [7, 11) is 0. The van der Waals surface area contributed by atoms with Crippen LogP contribution in [0.4, 0.5) is 0 Å². The number of para-hydroxylation sites is 1. The summed E-state index contributed by atoms with van der Waals surface area (Å²) in [5.74, 6) is 0.733. The van der Waals surface area contributed by atoms with Gasteiger partial charge in [-0.3, -0.25) is 4.79 Å². The highest BCUT2D eigenvalue weighted by Gasteiger charge is 2.33. The van der Waals surface area contributed by atoms with Crippen molar-refractivity contribution >= 4 is 33.5 Å². The lowest BCUT2D eigenvalue weighted by Crippen LogP contribution is -2.46. The first-order chi connectivity index (χ1) is 10.8. The third-order valence-electron chi connectivity index (χ3n) is 4.58. The summed E-state index contributed by atoms with van der Waals surface area (Å²) in [6.45, 7) is 2.86. The Kier molecular flexibility index (Phi) is 3.68. The zero-order chi connectivity index (χ0) is 14.9. The number of benzene rings is 1. The first kappa shape index (κ1) is 13.9. The van der Waals surface area contributed by atoms with E-state index in [2.05, 4.69) is 16.4 Å². The van der Waals surface area contributed by atoms with Gasteiger partial charge < -0.3 is 10.2 Å². The minimum atomic E-state index is 0.123. The van der Waals surface area contributed by atoms with Gasteiger partial charge in [0.25, 0.3) is 0 Å². The molecule has 1 N–H and O–H groups in total. The van der Waals surface area contributed by atoms with Crippen LogP contribution in [0.3, 0.4) is 0 Å². The number of amides is 1. The molecule has 0 saturated carbocycles. The summed E-state index contributed by atoms with van der Waals surface area (Å²) in [5.41, 5.74) is 0.998. The second-order valence-corrected chi connectivity index (χ2v) is 7.16. The molecule has 3 fully saturated rings. The van der Waals surface area contributed by atoms with E-state index in [-0.39, 0.29) is 5.91 Å². The molecular weight excluding hydrogens is 294 g/mol. The molecule has 114 valence electrons. The van der Waals surface area contributed by atoms with Crippen LogP contribution >= 0.6 is 11.3 Å². The molecule has 22 heavy (non-hydrogen) atoms. The highest BCUT2D eigenvalue weighted by atomic mass is 32.1. The Morgan fingerprint density at radius 2 is 2.23 bits per heavy atom. The van der Waals surface area contributed by atoms with Gasteiger partial charge >= 0.3 is 0 Å². The molecule has 0 spiro atoms. The van der Waals surface area contributed by atoms with Crippen LogP contribution in [0, 0.1) is 5.92 Å². The van der Waals surface area contributed by atoms with Crippen molar-refractivity contribution in [2.45, 2.75) is 18.9 Å². The predicted octanol–water partition coefficient (Wildman–Crippen LogP) is 2.52. The fourth-order valence-corrected chi connectivity index (χ4v) is 4.28. The number of rotatable bonds is 2. The molecule has 4 heterocycles. The fourth-order valence-electron chi connectivity index (χ4n) is 3.40. The molecule has 4 nitrogen and oxygen atoms in total. The normalized spacial score (nSPS) is 25.0. The van der Waals surface area contributed by atoms with Crippen LogP contribution < -0.4 is 5.32 Å². The van der Waals surface area contributed by atoms with Crippen molar-refractivity contribution in [3.05, 3.63) is 35.3 Å². The third kappa shape index (κ3) is 2.66. The fraction of sp³-hybridized carbons (Fsp3) is 0.412. The number of hydrogen-bond donors (Lipinski definition) is 1. The first-order valence-corrected chi connectivity index (χ1v) is 8.66. The maximum atomic E-state index is 12.5. The van der Waals surface area contributed by atoms with Crippen LogP contribution in [0.25, 0.3) is 16.3 Å². The van der Waals surface area contributed by atoms with Crippen molar-refractivity contribution in [1.29, 1.82) is 0 Å². The van der Waals surface area contributed by atoms with Gasteiger partial charge in [-0.2, -0.15) is 0 Å². The van der Waals surface area contributed by atoms with Gasteiger partial charge in [0.05, 0.1) is 10.2 Å². The maximum absolute atomic E-state index is 12.5. The van der Waals surface area contributed by atoms with Crippen molar-refractivity contribution < 1.29 is 4.79 Å². The molecule has 3 aliphatic rings. The Morgan fingerprint density at radius 1 is 1.32 bits per heavy atom. The molecule has 0 unspecified atom stereocenters. The summed E-state index contributed by atoms with van der Waals surface area (Å²) < 4.78 is 1.16. The summed E-state index contributed by atoms with van der Waals surface area (Å²) in [5, 5.41) is 4.35. The second-order valence-electron chi connectivity index (χ2n) is 6.10. The van der Waals surface area contributed by atoms with Gasteiger partial charge in [0.15, 0.2) is 0 Å². The molecule has 3 aliphatic heterocycles. The van der Waals surface area contributed by atoms with Crippen LogP contribution in [-0.2, 0) is 4.79 Å². The molecule has 5 rings (SSSR count). The molecule has 1 amide bonds. The van der Waals surface area contributed by atoms with Gasteiger partial charge in [0.2, 0.25) is 5.91 Å². The quantitative estimate of drug-likeness (QED) is 0.867. The Labute approximate surface area is 133 Å². The monoisotopic (exact) mass is 313 g/mol. The van der Waals surface area contributed by atoms with Crippen molar-refractivity contribution in [3.8, 4) is 0 Å². The number of carbonyl (C=O) groups is 1. The van der Waals surface area contributed by atoms with E-state index in [9.17, 15) is 4.79 Å². The lowest BCUT2D eigenvalue weighted by atomic mass is 9.95. The topological polar surface area (TPSA) is 45.2 Å². The Bertz CT molecular complexity index is 687. The summed E-state index contributed by atoms with van der Waals surface area (Å²) in [6.07, 6.45) is 5.92. The average Bonchev–Trinajstić information content (AvgIpc) is 2.69. The largest absolute Gasteiger partial charge is 0.335 e. The van der Waals surface area contributed by atoms with E-state index >= 15 is 0 Å². The standard InChI is InChI=1S/C17H19N3OS/c21-17(20-11-12-5-6-13(20)10-18-9-12)8-7-16-19-14-3-1-2-4-15(14)22-16/h1-4,7-8,12-13,18H,5-6,9-11H2/t12-,13+/m1/s1. The van der Waals surface area contributed by atoms with Crippen LogP contribution in [-0.4, -0.2) is 41.5 Å². The van der Waals surface area contributed by atoms with Crippen molar-refractivity contribution in [3.63, 3.8) is 0 Å². The number of aromatic nitrogens is 1. The van der Waals surface area contributed by atoms with E-state index in [1.54, 1.807) is 17.4 Å². The minimum Gasteiger partial charge on any atom is -0.335 e. The Balaban J connectivity index is 1.51. The zero-order valence-electron chi connectivity index (χ0n) is 12.4. The number of fused-ring (bicyclic) bond motifs is 5. The number of piperidine rings is 1. The molecule has 5 heteroatoms. The van der Waals surface area contributed by atoms with E-state index in [1.165, 1.54) is 6.42 Å². The van der Waals surface area contributed by atoms with Crippen molar-refractivity contribution in [1.82, 2.24) is 15.2 Å². The van der Waals surface area contributed by atoms with Gasteiger partial charge in [0, 0.05) is 25.2 Å². The molecule has 1 aromatic heterocycles. The van der Waals surface area contributed by atoms with E-state index in [4.69, 9.17) is 0 Å². The smallest absolute Gasteiger partial charge is 0.246 e. The summed E-state index contributed by atoms with van der Waals surface area (Å²) >= 11 is 1.62. The molecule has 2 atom stereocenters. The Hall–Kier alpha value is -1.72. The van der Waals surface area contributed by atoms with Gasteiger partial charge in [-0.05, 0) is 43.5 Å². The molecule has 2 aromatic rings. The van der Waals surface area contributed by atoms with Gasteiger partial charge in [-0.15, -0.1) is 11.3 Å². The number of thiazole rings is 1. The van der Waals surface area contributed by atoms with Crippen LogP contribution in [0.5, 0.6) is 0 Å². The molecular formula is C17H19N3OS. The first-order valence-electron chi connectivity index (χ1n) is 7.84. The van der Waals surface area contributed by atoms with E-state index < -0.39 is 0 Å². The highest BCUT2D eigenvalue weighted by Crippen LogP contribution is 2.25. The van der Waals surface area contributed by atoms with Crippen LogP contribution in [0.15, 0.2) is 30.3 Å². The van der Waals surface area contributed by atoms with Gasteiger partial charge in [-0.25, -0.2) is 4.98 Å².